The first kappa shape index (κ1) is 18.4. The highest BCUT2D eigenvalue weighted by Gasteiger charge is 2.24. The number of amides is 1. The Labute approximate surface area is 172 Å². The zero-order valence-corrected chi connectivity index (χ0v) is 16.1. The van der Waals surface area contributed by atoms with E-state index in [4.69, 9.17) is 9.47 Å². The van der Waals surface area contributed by atoms with E-state index in [1.54, 1.807) is 41.6 Å². The SMILES string of the molecule is O=C(c1cc(F)cc(-c2ccc3c(c2)OCO3)c1)N1CCN(c2ncccn2)CC1. The minimum Gasteiger partial charge on any atom is -0.454 e. The molecular formula is C22H19FN4O3. The Morgan fingerprint density at radius 1 is 0.900 bits per heavy atom. The van der Waals surface area contributed by atoms with Crippen LogP contribution in [0, 0.1) is 5.82 Å². The zero-order valence-electron chi connectivity index (χ0n) is 16.1. The first-order valence-electron chi connectivity index (χ1n) is 9.69. The molecule has 152 valence electrons. The summed E-state index contributed by atoms with van der Waals surface area (Å²) in [5.41, 5.74) is 1.71. The van der Waals surface area contributed by atoms with Gasteiger partial charge in [0, 0.05) is 44.1 Å². The van der Waals surface area contributed by atoms with Crippen LogP contribution >= 0.6 is 0 Å². The Morgan fingerprint density at radius 3 is 2.47 bits per heavy atom. The van der Waals surface area contributed by atoms with Crippen LogP contribution in [0.25, 0.3) is 11.1 Å². The molecule has 1 fully saturated rings. The summed E-state index contributed by atoms with van der Waals surface area (Å²) in [6.07, 6.45) is 3.40. The highest BCUT2D eigenvalue weighted by Crippen LogP contribution is 2.36. The van der Waals surface area contributed by atoms with Crippen molar-refractivity contribution in [2.24, 2.45) is 0 Å². The van der Waals surface area contributed by atoms with Crippen LogP contribution in [0.5, 0.6) is 11.5 Å². The molecule has 3 heterocycles. The molecule has 7 nitrogen and oxygen atoms in total. The number of piperazine rings is 1. The molecule has 30 heavy (non-hydrogen) atoms. The first-order valence-corrected chi connectivity index (χ1v) is 9.69. The van der Waals surface area contributed by atoms with Gasteiger partial charge < -0.3 is 19.3 Å². The molecule has 0 atom stereocenters. The van der Waals surface area contributed by atoms with Gasteiger partial charge in [-0.3, -0.25) is 4.79 Å². The summed E-state index contributed by atoms with van der Waals surface area (Å²) in [5, 5.41) is 0. The van der Waals surface area contributed by atoms with Crippen molar-refractivity contribution in [3.63, 3.8) is 0 Å². The average Bonchev–Trinajstić information content (AvgIpc) is 3.27. The maximum atomic E-state index is 14.3. The molecule has 1 amide bonds. The lowest BCUT2D eigenvalue weighted by atomic mass is 10.0. The lowest BCUT2D eigenvalue weighted by molar-refractivity contribution is 0.0745. The van der Waals surface area contributed by atoms with Gasteiger partial charge in [0.25, 0.3) is 5.91 Å². The lowest BCUT2D eigenvalue weighted by Crippen LogP contribution is -2.49. The van der Waals surface area contributed by atoms with Gasteiger partial charge in [-0.25, -0.2) is 14.4 Å². The van der Waals surface area contributed by atoms with Crippen molar-refractivity contribution in [2.45, 2.75) is 0 Å². The van der Waals surface area contributed by atoms with Gasteiger partial charge in [-0.15, -0.1) is 0 Å². The Morgan fingerprint density at radius 2 is 1.67 bits per heavy atom. The number of hydrogen-bond donors (Lipinski definition) is 0. The molecular weight excluding hydrogens is 387 g/mol. The fourth-order valence-corrected chi connectivity index (χ4v) is 3.70. The number of halogens is 1. The van der Waals surface area contributed by atoms with E-state index in [1.165, 1.54) is 12.1 Å². The number of anilines is 1. The van der Waals surface area contributed by atoms with Crippen molar-refractivity contribution >= 4 is 11.9 Å². The number of carbonyl (C=O) groups is 1. The monoisotopic (exact) mass is 406 g/mol. The van der Waals surface area contributed by atoms with Gasteiger partial charge >= 0.3 is 0 Å². The maximum Gasteiger partial charge on any atom is 0.254 e. The summed E-state index contributed by atoms with van der Waals surface area (Å²) in [6.45, 7) is 2.46. The van der Waals surface area contributed by atoms with Crippen LogP contribution < -0.4 is 14.4 Å². The van der Waals surface area contributed by atoms with E-state index >= 15 is 0 Å². The number of benzene rings is 2. The Kier molecular flexibility index (Phi) is 4.66. The fourth-order valence-electron chi connectivity index (χ4n) is 3.70. The van der Waals surface area contributed by atoms with E-state index in [0.717, 1.165) is 5.56 Å². The summed E-state index contributed by atoms with van der Waals surface area (Å²) in [6, 6.07) is 11.6. The van der Waals surface area contributed by atoms with Gasteiger partial charge in [0.15, 0.2) is 11.5 Å². The normalized spacial score (nSPS) is 15.4. The van der Waals surface area contributed by atoms with Crippen LogP contribution in [0.4, 0.5) is 10.3 Å². The number of fused-ring (bicyclic) bond motifs is 1. The maximum absolute atomic E-state index is 14.3. The minimum atomic E-state index is -0.454. The summed E-state index contributed by atoms with van der Waals surface area (Å²) in [7, 11) is 0. The molecule has 5 rings (SSSR count). The van der Waals surface area contributed by atoms with Crippen molar-refractivity contribution in [2.75, 3.05) is 37.9 Å². The van der Waals surface area contributed by atoms with Crippen molar-refractivity contribution in [3.05, 3.63) is 66.2 Å². The summed E-state index contributed by atoms with van der Waals surface area (Å²) in [5.74, 6) is 1.28. The number of ether oxygens (including phenoxy) is 2. The molecule has 0 unspecified atom stereocenters. The number of aromatic nitrogens is 2. The molecule has 3 aromatic rings. The zero-order chi connectivity index (χ0) is 20.5. The molecule has 1 saturated heterocycles. The highest BCUT2D eigenvalue weighted by molar-refractivity contribution is 5.95. The molecule has 0 radical (unpaired) electrons. The average molecular weight is 406 g/mol. The molecule has 8 heteroatoms. The molecule has 2 aromatic carbocycles. The molecule has 0 bridgehead atoms. The van der Waals surface area contributed by atoms with E-state index in [0.29, 0.717) is 54.8 Å². The Balaban J connectivity index is 1.34. The molecule has 0 aliphatic carbocycles. The molecule has 0 spiro atoms. The van der Waals surface area contributed by atoms with Gasteiger partial charge in [-0.05, 0) is 47.5 Å². The largest absolute Gasteiger partial charge is 0.454 e. The standard InChI is InChI=1S/C22H19FN4O3/c23-18-11-16(15-2-3-19-20(13-15)30-14-29-19)10-17(12-18)21(28)26-6-8-27(9-7-26)22-24-4-1-5-25-22/h1-5,10-13H,6-9,14H2. The lowest BCUT2D eigenvalue weighted by Gasteiger charge is -2.34. The van der Waals surface area contributed by atoms with Crippen LogP contribution in [0.3, 0.4) is 0 Å². The highest BCUT2D eigenvalue weighted by atomic mass is 19.1. The molecule has 1 aromatic heterocycles. The van der Waals surface area contributed by atoms with Crippen LogP contribution in [-0.4, -0.2) is 53.7 Å². The van der Waals surface area contributed by atoms with Gasteiger partial charge in [0.1, 0.15) is 5.82 Å². The molecule has 2 aliphatic heterocycles. The summed E-state index contributed by atoms with van der Waals surface area (Å²) >= 11 is 0. The van der Waals surface area contributed by atoms with Crippen LogP contribution in [0.15, 0.2) is 54.9 Å². The summed E-state index contributed by atoms with van der Waals surface area (Å²) in [4.78, 5) is 25.3. The molecule has 0 saturated carbocycles. The van der Waals surface area contributed by atoms with E-state index in [9.17, 15) is 9.18 Å². The number of hydrogen-bond acceptors (Lipinski definition) is 6. The minimum absolute atomic E-state index is 0.172. The van der Waals surface area contributed by atoms with Crippen molar-refractivity contribution in [1.29, 1.82) is 0 Å². The number of carbonyl (C=O) groups excluding carboxylic acids is 1. The van der Waals surface area contributed by atoms with Crippen LogP contribution in [-0.2, 0) is 0 Å². The fraction of sp³-hybridized carbons (Fsp3) is 0.227. The van der Waals surface area contributed by atoms with Crippen molar-refractivity contribution < 1.29 is 18.7 Å². The molecule has 2 aliphatic rings. The van der Waals surface area contributed by atoms with E-state index in [2.05, 4.69) is 9.97 Å². The van der Waals surface area contributed by atoms with Crippen molar-refractivity contribution in [1.82, 2.24) is 14.9 Å². The Hall–Kier alpha value is -3.68. The second kappa shape index (κ2) is 7.62. The van der Waals surface area contributed by atoms with Gasteiger partial charge in [-0.2, -0.15) is 0 Å². The van der Waals surface area contributed by atoms with Crippen molar-refractivity contribution in [3.8, 4) is 22.6 Å². The molecule has 0 N–H and O–H groups in total. The predicted molar refractivity (Wildman–Crippen MR) is 108 cm³/mol. The third-order valence-corrected chi connectivity index (χ3v) is 5.25. The smallest absolute Gasteiger partial charge is 0.254 e. The Bertz CT molecular complexity index is 1080. The topological polar surface area (TPSA) is 67.8 Å². The van der Waals surface area contributed by atoms with Gasteiger partial charge in [0.2, 0.25) is 12.7 Å². The first-order chi connectivity index (χ1) is 14.7. The van der Waals surface area contributed by atoms with E-state index in [-0.39, 0.29) is 12.7 Å². The van der Waals surface area contributed by atoms with E-state index in [1.807, 2.05) is 11.0 Å². The van der Waals surface area contributed by atoms with Crippen LogP contribution in [0.2, 0.25) is 0 Å². The number of rotatable bonds is 3. The van der Waals surface area contributed by atoms with E-state index < -0.39 is 5.82 Å². The second-order valence-electron chi connectivity index (χ2n) is 7.12. The quantitative estimate of drug-likeness (QED) is 0.666. The van der Waals surface area contributed by atoms with Gasteiger partial charge in [-0.1, -0.05) is 6.07 Å². The van der Waals surface area contributed by atoms with Crippen LogP contribution in [0.1, 0.15) is 10.4 Å². The number of nitrogens with zero attached hydrogens (tertiary/aromatic N) is 4. The second-order valence-corrected chi connectivity index (χ2v) is 7.12. The third kappa shape index (κ3) is 3.52. The van der Waals surface area contributed by atoms with Gasteiger partial charge in [0.05, 0.1) is 0 Å². The summed E-state index contributed by atoms with van der Waals surface area (Å²) < 4.78 is 25.1. The third-order valence-electron chi connectivity index (χ3n) is 5.25. The predicted octanol–water partition coefficient (Wildman–Crippen LogP) is 2.97.